The van der Waals surface area contributed by atoms with Gasteiger partial charge in [-0.3, -0.25) is 0 Å². The van der Waals surface area contributed by atoms with Crippen molar-refractivity contribution in [3.8, 4) is 0 Å². The van der Waals surface area contributed by atoms with Crippen LogP contribution >= 0.6 is 0 Å². The van der Waals surface area contributed by atoms with E-state index < -0.39 is 0 Å². The molecule has 1 aromatic carbocycles. The molecule has 1 saturated carbocycles. The zero-order chi connectivity index (χ0) is 12.5. The van der Waals surface area contributed by atoms with Crippen molar-refractivity contribution in [1.82, 2.24) is 0 Å². The summed E-state index contributed by atoms with van der Waals surface area (Å²) < 4.78 is 4.79. The minimum Gasteiger partial charge on any atom is -0.465 e. The van der Waals surface area contributed by atoms with Gasteiger partial charge in [0.25, 0.3) is 0 Å². The summed E-state index contributed by atoms with van der Waals surface area (Å²) in [6.45, 7) is 0. The maximum absolute atomic E-state index is 11.6. The Morgan fingerprint density at radius 1 is 1.22 bits per heavy atom. The number of methoxy groups -OCH3 is 1. The van der Waals surface area contributed by atoms with Crippen molar-refractivity contribution in [2.24, 2.45) is 0 Å². The molecule has 3 rings (SSSR count). The number of benzene rings is 1. The molecule has 0 radical (unpaired) electrons. The maximum atomic E-state index is 11.6. The van der Waals surface area contributed by atoms with Gasteiger partial charge in [0.1, 0.15) is 0 Å². The van der Waals surface area contributed by atoms with Crippen LogP contribution in [-0.4, -0.2) is 13.1 Å². The number of rotatable bonds is 2. The molecule has 0 N–H and O–H groups in total. The number of esters is 1. The molecule has 0 atom stereocenters. The third-order valence-corrected chi connectivity index (χ3v) is 4.15. The van der Waals surface area contributed by atoms with Gasteiger partial charge in [0.15, 0.2) is 0 Å². The molecule has 2 aliphatic carbocycles. The first-order chi connectivity index (χ1) is 8.79. The van der Waals surface area contributed by atoms with Crippen LogP contribution in [0.25, 0.3) is 11.6 Å². The fourth-order valence-electron chi connectivity index (χ4n) is 3.06. The van der Waals surface area contributed by atoms with Gasteiger partial charge >= 0.3 is 5.97 Å². The van der Waals surface area contributed by atoms with E-state index in [1.165, 1.54) is 44.8 Å². The third-order valence-electron chi connectivity index (χ3n) is 4.15. The van der Waals surface area contributed by atoms with Crippen molar-refractivity contribution in [3.63, 3.8) is 0 Å². The fraction of sp³-hybridized carbons (Fsp3) is 0.438. The molecule has 2 heteroatoms. The van der Waals surface area contributed by atoms with E-state index in [9.17, 15) is 4.79 Å². The molecule has 94 valence electrons. The summed E-state index contributed by atoms with van der Waals surface area (Å²) in [6, 6.07) is 6.54. The van der Waals surface area contributed by atoms with Crippen LogP contribution in [0.3, 0.4) is 0 Å². The Bertz CT molecular complexity index is 508. The molecule has 2 nitrogen and oxygen atoms in total. The highest BCUT2D eigenvalue weighted by Crippen LogP contribution is 2.38. The second-order valence-corrected chi connectivity index (χ2v) is 5.23. The zero-order valence-electron chi connectivity index (χ0n) is 10.7. The van der Waals surface area contributed by atoms with E-state index >= 15 is 0 Å². The van der Waals surface area contributed by atoms with Crippen molar-refractivity contribution in [1.29, 1.82) is 0 Å². The fourth-order valence-corrected chi connectivity index (χ4v) is 3.06. The quantitative estimate of drug-likeness (QED) is 0.738. The Morgan fingerprint density at radius 2 is 2.00 bits per heavy atom. The van der Waals surface area contributed by atoms with Gasteiger partial charge in [-0.1, -0.05) is 37.5 Å². The van der Waals surface area contributed by atoms with Crippen molar-refractivity contribution in [2.45, 2.75) is 38.0 Å². The highest BCUT2D eigenvalue weighted by atomic mass is 16.5. The van der Waals surface area contributed by atoms with Crippen molar-refractivity contribution < 1.29 is 9.53 Å². The molecule has 0 aliphatic heterocycles. The largest absolute Gasteiger partial charge is 0.465 e. The SMILES string of the molecule is COC(=O)C1=Cc2ccc(C3CCCCC3)cc21. The molecule has 0 spiro atoms. The van der Waals surface area contributed by atoms with Crippen LogP contribution in [0.15, 0.2) is 18.2 Å². The van der Waals surface area contributed by atoms with Crippen molar-refractivity contribution in [3.05, 3.63) is 34.9 Å². The smallest absolute Gasteiger partial charge is 0.338 e. The number of fused-ring (bicyclic) bond motifs is 1. The number of ether oxygens (including phenoxy) is 1. The van der Waals surface area contributed by atoms with E-state index in [0.717, 1.165) is 16.7 Å². The lowest BCUT2D eigenvalue weighted by atomic mass is 9.80. The van der Waals surface area contributed by atoms with Crippen molar-refractivity contribution in [2.75, 3.05) is 7.11 Å². The minimum atomic E-state index is -0.219. The Hall–Kier alpha value is -1.57. The van der Waals surface area contributed by atoms with Crippen LogP contribution in [0, 0.1) is 0 Å². The first-order valence-corrected chi connectivity index (χ1v) is 6.74. The van der Waals surface area contributed by atoms with Gasteiger partial charge < -0.3 is 4.74 Å². The summed E-state index contributed by atoms with van der Waals surface area (Å²) in [5.74, 6) is 0.465. The number of hydrogen-bond donors (Lipinski definition) is 0. The van der Waals surface area contributed by atoms with E-state index in [4.69, 9.17) is 4.74 Å². The number of carbonyl (C=O) groups excluding carboxylic acids is 1. The van der Waals surface area contributed by atoms with Gasteiger partial charge in [-0.05, 0) is 41.5 Å². The van der Waals surface area contributed by atoms with Crippen LogP contribution in [0.1, 0.15) is 54.7 Å². The zero-order valence-corrected chi connectivity index (χ0v) is 10.7. The van der Waals surface area contributed by atoms with E-state index in [2.05, 4.69) is 18.2 Å². The monoisotopic (exact) mass is 242 g/mol. The standard InChI is InChI=1S/C16H18O2/c1-18-16(17)15-10-13-8-7-12(9-14(13)15)11-5-3-2-4-6-11/h7-11H,2-6H2,1H3. The van der Waals surface area contributed by atoms with Gasteiger partial charge in [-0.15, -0.1) is 0 Å². The second kappa shape index (κ2) is 4.60. The average molecular weight is 242 g/mol. The molecule has 0 unspecified atom stereocenters. The second-order valence-electron chi connectivity index (χ2n) is 5.23. The van der Waals surface area contributed by atoms with Crippen LogP contribution < -0.4 is 0 Å². The van der Waals surface area contributed by atoms with Gasteiger partial charge in [0.2, 0.25) is 0 Å². The predicted molar refractivity (Wildman–Crippen MR) is 72.2 cm³/mol. The van der Waals surface area contributed by atoms with Gasteiger partial charge in [0.05, 0.1) is 12.7 Å². The van der Waals surface area contributed by atoms with Gasteiger partial charge in [-0.25, -0.2) is 4.79 Å². The molecule has 0 bridgehead atoms. The van der Waals surface area contributed by atoms with E-state index in [-0.39, 0.29) is 5.97 Å². The first kappa shape index (κ1) is 11.5. The summed E-state index contributed by atoms with van der Waals surface area (Å²) in [5.41, 5.74) is 4.35. The molecular weight excluding hydrogens is 224 g/mol. The van der Waals surface area contributed by atoms with Gasteiger partial charge in [-0.2, -0.15) is 0 Å². The Labute approximate surface area is 108 Å². The molecule has 0 saturated heterocycles. The Morgan fingerprint density at radius 3 is 2.72 bits per heavy atom. The van der Waals surface area contributed by atoms with Crippen LogP contribution in [-0.2, 0) is 9.53 Å². The molecule has 1 fully saturated rings. The summed E-state index contributed by atoms with van der Waals surface area (Å²) in [7, 11) is 1.44. The summed E-state index contributed by atoms with van der Waals surface area (Å²) in [4.78, 5) is 11.6. The van der Waals surface area contributed by atoms with Gasteiger partial charge in [0, 0.05) is 0 Å². The van der Waals surface area contributed by atoms with E-state index in [1.54, 1.807) is 0 Å². The minimum absolute atomic E-state index is 0.219. The normalized spacial score (nSPS) is 18.6. The number of carbonyl (C=O) groups is 1. The lowest BCUT2D eigenvalue weighted by Gasteiger charge is -2.25. The molecule has 2 aliphatic rings. The van der Waals surface area contributed by atoms with E-state index in [1.807, 2.05) is 6.08 Å². The van der Waals surface area contributed by atoms with Crippen LogP contribution in [0.5, 0.6) is 0 Å². The number of hydrogen-bond acceptors (Lipinski definition) is 2. The first-order valence-electron chi connectivity index (χ1n) is 6.74. The molecule has 1 aromatic rings. The molecule has 18 heavy (non-hydrogen) atoms. The van der Waals surface area contributed by atoms with E-state index in [0.29, 0.717) is 5.92 Å². The van der Waals surface area contributed by atoms with Crippen LogP contribution in [0.2, 0.25) is 0 Å². The topological polar surface area (TPSA) is 26.3 Å². The summed E-state index contributed by atoms with van der Waals surface area (Å²) in [6.07, 6.45) is 8.52. The summed E-state index contributed by atoms with van der Waals surface area (Å²) >= 11 is 0. The third kappa shape index (κ3) is 1.86. The molecule has 0 aromatic heterocycles. The highest BCUT2D eigenvalue weighted by molar-refractivity contribution is 6.27. The predicted octanol–water partition coefficient (Wildman–Crippen LogP) is 3.76. The molecule has 0 heterocycles. The molecule has 0 amide bonds. The summed E-state index contributed by atoms with van der Waals surface area (Å²) in [5, 5.41) is 0. The Balaban J connectivity index is 1.84. The van der Waals surface area contributed by atoms with Crippen molar-refractivity contribution >= 4 is 17.6 Å². The Kier molecular flexibility index (Phi) is 2.94. The highest BCUT2D eigenvalue weighted by Gasteiger charge is 2.25. The average Bonchev–Trinajstić information content (AvgIpc) is 2.41. The lowest BCUT2D eigenvalue weighted by Crippen LogP contribution is -2.12. The molecular formula is C16H18O2. The maximum Gasteiger partial charge on any atom is 0.338 e. The van der Waals surface area contributed by atoms with Crippen LogP contribution in [0.4, 0.5) is 0 Å². The lowest BCUT2D eigenvalue weighted by molar-refractivity contribution is -0.133.